The maximum absolute atomic E-state index is 2.54. The van der Waals surface area contributed by atoms with E-state index in [9.17, 15) is 0 Å². The fourth-order valence-corrected chi connectivity index (χ4v) is 12.1. The van der Waals surface area contributed by atoms with Gasteiger partial charge in [0.25, 0.3) is 0 Å². The van der Waals surface area contributed by atoms with E-state index in [2.05, 4.69) is 222 Å². The summed E-state index contributed by atoms with van der Waals surface area (Å²) in [5, 5.41) is 13.0. The Morgan fingerprint density at radius 3 is 1.35 bits per heavy atom. The highest BCUT2D eigenvalue weighted by Gasteiger charge is 2.40. The zero-order chi connectivity index (χ0) is 41.5. The van der Waals surface area contributed by atoms with E-state index in [0.717, 1.165) is 0 Å². The van der Waals surface area contributed by atoms with Gasteiger partial charge in [0.15, 0.2) is 0 Å². The zero-order valence-corrected chi connectivity index (χ0v) is 35.5. The van der Waals surface area contributed by atoms with Crippen molar-refractivity contribution >= 4 is 53.9 Å². The Kier molecular flexibility index (Phi) is 7.23. The number of rotatable bonds is 3. The molecule has 0 radical (unpaired) electrons. The lowest BCUT2D eigenvalue weighted by Crippen LogP contribution is -2.15. The molecule has 0 fully saturated rings. The van der Waals surface area contributed by atoms with Gasteiger partial charge in [0.1, 0.15) is 0 Å². The van der Waals surface area contributed by atoms with Gasteiger partial charge < -0.3 is 0 Å². The molecule has 292 valence electrons. The van der Waals surface area contributed by atoms with Gasteiger partial charge in [-0.25, -0.2) is 0 Å². The van der Waals surface area contributed by atoms with Gasteiger partial charge in [-0.2, -0.15) is 0 Å². The second-order valence-electron chi connectivity index (χ2n) is 18.7. The molecule has 0 saturated heterocycles. The Hall–Kier alpha value is -7.28. The standard InChI is InChI=1S/C62H44/c1-61(2)52-33-16-15-31-50(52)57-43-24-8-6-23-42(43)51(36-54(57)61)56-47-28-12-10-26-45(47)55(46-27-11-13-29-48(46)56)38-20-17-19-37(35-38)39-32-18-34-53-58(39)59-44-25-9-5-21-40(44)41-22-7-14-30-49(41)60(59)62(53,3)4/h5-36H,1-4H3. The number of benzene rings is 11. The molecule has 0 aliphatic heterocycles. The van der Waals surface area contributed by atoms with Gasteiger partial charge in [0.2, 0.25) is 0 Å². The summed E-state index contributed by atoms with van der Waals surface area (Å²) in [6.07, 6.45) is 0. The molecule has 0 heterocycles. The maximum Gasteiger partial charge on any atom is 0.0165 e. The molecule has 0 atom stereocenters. The number of hydrogen-bond acceptors (Lipinski definition) is 0. The van der Waals surface area contributed by atoms with Crippen molar-refractivity contribution in [2.24, 2.45) is 0 Å². The van der Waals surface area contributed by atoms with E-state index in [1.165, 1.54) is 132 Å². The quantitative estimate of drug-likeness (QED) is 0.124. The first-order valence-electron chi connectivity index (χ1n) is 22.1. The summed E-state index contributed by atoms with van der Waals surface area (Å²) in [6.45, 7) is 9.63. The molecule has 0 bridgehead atoms. The zero-order valence-electron chi connectivity index (χ0n) is 35.5. The monoisotopic (exact) mass is 788 g/mol. The molecule has 11 aromatic carbocycles. The van der Waals surface area contributed by atoms with Crippen molar-refractivity contribution in [2.75, 3.05) is 0 Å². The molecule has 0 spiro atoms. The fourth-order valence-electron chi connectivity index (χ4n) is 12.1. The Balaban J connectivity index is 1.07. The third-order valence-electron chi connectivity index (χ3n) is 14.8. The molecule has 0 aromatic heterocycles. The largest absolute Gasteiger partial charge is 0.0619 e. The van der Waals surface area contributed by atoms with Crippen LogP contribution < -0.4 is 0 Å². The lowest BCUT2D eigenvalue weighted by molar-refractivity contribution is 0.661. The molecule has 13 rings (SSSR count). The predicted molar refractivity (Wildman–Crippen MR) is 265 cm³/mol. The molecule has 0 unspecified atom stereocenters. The van der Waals surface area contributed by atoms with Crippen LogP contribution in [-0.4, -0.2) is 0 Å². The van der Waals surface area contributed by atoms with Crippen LogP contribution in [0.3, 0.4) is 0 Å². The van der Waals surface area contributed by atoms with Crippen LogP contribution in [0.4, 0.5) is 0 Å². The molecule has 0 amide bonds. The van der Waals surface area contributed by atoms with E-state index < -0.39 is 0 Å². The topological polar surface area (TPSA) is 0 Å². The number of hydrogen-bond donors (Lipinski definition) is 0. The average molecular weight is 789 g/mol. The van der Waals surface area contributed by atoms with E-state index in [4.69, 9.17) is 0 Å². The summed E-state index contributed by atoms with van der Waals surface area (Å²) < 4.78 is 0. The van der Waals surface area contributed by atoms with Gasteiger partial charge in [0.05, 0.1) is 0 Å². The van der Waals surface area contributed by atoms with Crippen LogP contribution in [0.15, 0.2) is 194 Å². The molecule has 0 saturated carbocycles. The van der Waals surface area contributed by atoms with E-state index >= 15 is 0 Å². The lowest BCUT2D eigenvalue weighted by Gasteiger charge is -2.24. The Morgan fingerprint density at radius 2 is 0.694 bits per heavy atom. The van der Waals surface area contributed by atoms with Crippen molar-refractivity contribution in [3.05, 3.63) is 216 Å². The summed E-state index contributed by atoms with van der Waals surface area (Å²) in [4.78, 5) is 0. The molecule has 0 heteroatoms. The third kappa shape index (κ3) is 4.62. The van der Waals surface area contributed by atoms with Crippen LogP contribution in [0.1, 0.15) is 49.9 Å². The minimum atomic E-state index is -0.163. The summed E-state index contributed by atoms with van der Waals surface area (Å²) in [6, 6.07) is 73.3. The summed E-state index contributed by atoms with van der Waals surface area (Å²) in [5.74, 6) is 0. The van der Waals surface area contributed by atoms with Crippen molar-refractivity contribution in [1.29, 1.82) is 0 Å². The average Bonchev–Trinajstić information content (AvgIpc) is 3.70. The SMILES string of the molecule is CC1(C)c2ccccc2-c2c1cc(-c1c3ccccc3c(-c3cccc(-c4cccc5c4-c4c(c6ccccc6c6ccccc46)C5(C)C)c3)c3ccccc13)c1ccccc21. The fraction of sp³-hybridized carbons (Fsp3) is 0.0968. The highest BCUT2D eigenvalue weighted by atomic mass is 14.4. The van der Waals surface area contributed by atoms with Crippen molar-refractivity contribution in [1.82, 2.24) is 0 Å². The first-order chi connectivity index (χ1) is 30.3. The van der Waals surface area contributed by atoms with Crippen LogP contribution in [0, 0.1) is 0 Å². The van der Waals surface area contributed by atoms with E-state index in [1.54, 1.807) is 0 Å². The van der Waals surface area contributed by atoms with Gasteiger partial charge in [-0.05, 0) is 144 Å². The van der Waals surface area contributed by atoms with Crippen LogP contribution in [-0.2, 0) is 10.8 Å². The van der Waals surface area contributed by atoms with Gasteiger partial charge in [0, 0.05) is 10.8 Å². The van der Waals surface area contributed by atoms with Crippen molar-refractivity contribution in [2.45, 2.75) is 38.5 Å². The number of fused-ring (bicyclic) bond motifs is 15. The smallest absolute Gasteiger partial charge is 0.0165 e. The highest BCUT2D eigenvalue weighted by Crippen LogP contribution is 2.58. The van der Waals surface area contributed by atoms with Gasteiger partial charge in [-0.1, -0.05) is 210 Å². The predicted octanol–water partition coefficient (Wildman–Crippen LogP) is 17.1. The minimum Gasteiger partial charge on any atom is -0.0619 e. The molecule has 0 N–H and O–H groups in total. The van der Waals surface area contributed by atoms with Gasteiger partial charge in [-0.3, -0.25) is 0 Å². The van der Waals surface area contributed by atoms with Crippen LogP contribution >= 0.6 is 0 Å². The van der Waals surface area contributed by atoms with Crippen molar-refractivity contribution in [3.63, 3.8) is 0 Å². The third-order valence-corrected chi connectivity index (χ3v) is 14.8. The van der Waals surface area contributed by atoms with E-state index in [1.807, 2.05) is 0 Å². The van der Waals surface area contributed by atoms with E-state index in [0.29, 0.717) is 0 Å². The molecule has 11 aromatic rings. The van der Waals surface area contributed by atoms with Crippen LogP contribution in [0.25, 0.3) is 109 Å². The Labute approximate surface area is 362 Å². The Bertz CT molecular complexity index is 3690. The van der Waals surface area contributed by atoms with Gasteiger partial charge >= 0.3 is 0 Å². The van der Waals surface area contributed by atoms with Crippen molar-refractivity contribution < 1.29 is 0 Å². The molecule has 2 aliphatic carbocycles. The van der Waals surface area contributed by atoms with E-state index in [-0.39, 0.29) is 10.8 Å². The molecule has 0 nitrogen and oxygen atoms in total. The molecule has 2 aliphatic rings. The summed E-state index contributed by atoms with van der Waals surface area (Å²) in [7, 11) is 0. The molecule has 62 heavy (non-hydrogen) atoms. The highest BCUT2D eigenvalue weighted by molar-refractivity contribution is 6.25. The molecular formula is C62H44. The minimum absolute atomic E-state index is 0.122. The second kappa shape index (κ2) is 12.6. The van der Waals surface area contributed by atoms with Crippen molar-refractivity contribution in [3.8, 4) is 55.6 Å². The van der Waals surface area contributed by atoms with Crippen LogP contribution in [0.2, 0.25) is 0 Å². The lowest BCUT2D eigenvalue weighted by atomic mass is 9.79. The summed E-state index contributed by atoms with van der Waals surface area (Å²) >= 11 is 0. The summed E-state index contributed by atoms with van der Waals surface area (Å²) in [5.41, 5.74) is 18.5. The van der Waals surface area contributed by atoms with Gasteiger partial charge in [-0.15, -0.1) is 0 Å². The maximum atomic E-state index is 2.54. The second-order valence-corrected chi connectivity index (χ2v) is 18.7. The first-order valence-corrected chi connectivity index (χ1v) is 22.1. The first kappa shape index (κ1) is 35.5. The van der Waals surface area contributed by atoms with Crippen LogP contribution in [0.5, 0.6) is 0 Å². The Morgan fingerprint density at radius 1 is 0.242 bits per heavy atom. The normalized spacial score (nSPS) is 14.4. The molecular weight excluding hydrogens is 745 g/mol.